The van der Waals surface area contributed by atoms with Crippen LogP contribution in [0.4, 0.5) is 0 Å². The maximum Gasteiger partial charge on any atom is 0.0160 e. The molecule has 0 spiro atoms. The molecular weight excluding hydrogens is 520 g/mol. The average Bonchev–Trinajstić information content (AvgIpc) is 2.78. The van der Waals surface area contributed by atoms with E-state index in [9.17, 15) is 0 Å². The molecule has 0 atom stereocenters. The summed E-state index contributed by atoms with van der Waals surface area (Å²) in [5.41, 5.74) is 4.02. The van der Waals surface area contributed by atoms with Crippen molar-refractivity contribution in [1.29, 1.82) is 0 Å². The molecule has 0 aliphatic heterocycles. The van der Waals surface area contributed by atoms with Crippen molar-refractivity contribution in [3.05, 3.63) is 109 Å². The second kappa shape index (κ2) is 12.1. The number of nitrogens with zero attached hydrogens (tertiary/aromatic N) is 2. The van der Waals surface area contributed by atoms with Gasteiger partial charge in [0.05, 0.1) is 0 Å². The Morgan fingerprint density at radius 1 is 0.577 bits per heavy atom. The van der Waals surface area contributed by atoms with Crippen LogP contribution in [0.5, 0.6) is 0 Å². The van der Waals surface area contributed by atoms with Gasteiger partial charge >= 0.3 is 27.5 Å². The van der Waals surface area contributed by atoms with E-state index in [1.807, 2.05) is 84.9 Å². The Kier molecular flexibility index (Phi) is 9.31. The van der Waals surface area contributed by atoms with Gasteiger partial charge in [0.1, 0.15) is 0 Å². The molecule has 0 amide bonds. The first-order valence-electron chi connectivity index (χ1n) is 7.82. The Morgan fingerprint density at radius 2 is 1.00 bits per heavy atom. The number of aromatic nitrogens is 2. The molecule has 4 rings (SSSR count). The third kappa shape index (κ3) is 6.53. The van der Waals surface area contributed by atoms with Crippen LogP contribution in [0.15, 0.2) is 97.3 Å². The summed E-state index contributed by atoms with van der Waals surface area (Å²) in [7, 11) is 4.64. The monoisotopic (exact) mass is 536 g/mol. The normalized spacial score (nSPS) is 9.15. The minimum absolute atomic E-state index is 0.970. The maximum atomic E-state index is 4.64. The smallest absolute Gasteiger partial charge is 0.0160 e. The number of halogens is 1. The van der Waals surface area contributed by atoms with E-state index in [1.54, 1.807) is 12.4 Å². The summed E-state index contributed by atoms with van der Waals surface area (Å²) in [6, 6.07) is 33.6. The molecule has 2 nitrogen and oxygen atoms in total. The van der Waals surface area contributed by atoms with E-state index < -0.39 is 0 Å². The molecule has 0 saturated heterocycles. The third-order valence-electron chi connectivity index (χ3n) is 3.30. The zero-order valence-corrected chi connectivity index (χ0v) is 17.0. The van der Waals surface area contributed by atoms with E-state index in [0.29, 0.717) is 0 Å². The van der Waals surface area contributed by atoms with Gasteiger partial charge in [-0.3, -0.25) is 0 Å². The van der Waals surface area contributed by atoms with Crippen LogP contribution in [0.3, 0.4) is 0 Å². The second-order valence-corrected chi connectivity index (χ2v) is 4.98. The van der Waals surface area contributed by atoms with E-state index in [2.05, 4.69) is 31.7 Å². The summed E-state index contributed by atoms with van der Waals surface area (Å²) >= 11 is 1.47. The molecule has 0 N–H and O–H groups in total. The van der Waals surface area contributed by atoms with E-state index in [-0.39, 0.29) is 0 Å². The minimum Gasteiger partial charge on any atom is -0.305 e. The predicted octanol–water partition coefficient (Wildman–Crippen LogP) is 5.78. The van der Waals surface area contributed by atoms with Gasteiger partial charge in [0.15, 0.2) is 0 Å². The summed E-state index contributed by atoms with van der Waals surface area (Å²) in [5.74, 6) is 0. The van der Waals surface area contributed by atoms with Crippen LogP contribution in [-0.2, 0) is 17.9 Å². The van der Waals surface area contributed by atoms with E-state index in [4.69, 9.17) is 0 Å². The van der Waals surface area contributed by atoms with Crippen LogP contribution in [-0.4, -0.2) is 9.97 Å². The van der Waals surface area contributed by atoms with Crippen molar-refractivity contribution in [2.45, 2.75) is 0 Å². The number of pyridine rings is 2. The molecule has 0 radical (unpaired) electrons. The van der Waals surface area contributed by atoms with Crippen LogP contribution >= 0.6 is 9.58 Å². The van der Waals surface area contributed by atoms with Gasteiger partial charge in [-0.1, -0.05) is 24.3 Å². The van der Waals surface area contributed by atoms with E-state index in [0.717, 1.165) is 22.5 Å². The zero-order valence-electron chi connectivity index (χ0n) is 13.8. The van der Waals surface area contributed by atoms with Gasteiger partial charge in [-0.15, -0.1) is 71.8 Å². The molecule has 130 valence electrons. The molecule has 0 bridgehead atoms. The predicted molar refractivity (Wildman–Crippen MR) is 103 cm³/mol. The van der Waals surface area contributed by atoms with Gasteiger partial charge in [-0.2, -0.15) is 0 Å². The van der Waals surface area contributed by atoms with E-state index >= 15 is 0 Å². The summed E-state index contributed by atoms with van der Waals surface area (Å²) in [5, 5.41) is 0. The fraction of sp³-hybridized carbons (Fsp3) is 0. The van der Waals surface area contributed by atoms with Crippen molar-refractivity contribution in [2.24, 2.45) is 0 Å². The second-order valence-electron chi connectivity index (χ2n) is 4.98. The topological polar surface area (TPSA) is 25.8 Å². The molecule has 0 unspecified atom stereocenters. The van der Waals surface area contributed by atoms with Crippen LogP contribution in [0.25, 0.3) is 22.5 Å². The molecule has 2 aromatic heterocycles. The van der Waals surface area contributed by atoms with Gasteiger partial charge in [0.2, 0.25) is 0 Å². The number of benzene rings is 2. The van der Waals surface area contributed by atoms with Gasteiger partial charge < -0.3 is 9.97 Å². The van der Waals surface area contributed by atoms with Gasteiger partial charge in [-0.25, -0.2) is 0 Å². The molecule has 2 aromatic carbocycles. The maximum absolute atomic E-state index is 4.64. The first-order chi connectivity index (χ1) is 12.9. The van der Waals surface area contributed by atoms with Crippen LogP contribution in [0.1, 0.15) is 0 Å². The molecule has 0 aliphatic carbocycles. The van der Waals surface area contributed by atoms with Gasteiger partial charge in [0.25, 0.3) is 0 Å². The molecular formula is C22H16ClIrN2. The summed E-state index contributed by atoms with van der Waals surface area (Å²) < 4.78 is 0. The average molecular weight is 536 g/mol. The Hall–Kier alpha value is -2.32. The first-order valence-corrected chi connectivity index (χ1v) is 10.8. The summed E-state index contributed by atoms with van der Waals surface area (Å²) in [6.45, 7) is 0. The summed E-state index contributed by atoms with van der Waals surface area (Å²) in [4.78, 5) is 8.44. The van der Waals surface area contributed by atoms with Crippen molar-refractivity contribution in [3.8, 4) is 22.5 Å². The first kappa shape index (κ1) is 20.0. The van der Waals surface area contributed by atoms with Crippen molar-refractivity contribution < 1.29 is 17.9 Å². The van der Waals surface area contributed by atoms with Crippen LogP contribution < -0.4 is 0 Å². The van der Waals surface area contributed by atoms with Crippen LogP contribution in [0, 0.1) is 12.1 Å². The largest absolute Gasteiger partial charge is 0.305 e. The molecule has 0 saturated carbocycles. The number of hydrogen-bond donors (Lipinski definition) is 0. The molecule has 0 aliphatic rings. The van der Waals surface area contributed by atoms with Gasteiger partial charge in [0, 0.05) is 12.4 Å². The Balaban J connectivity index is 0.000000171. The molecule has 0 fully saturated rings. The Morgan fingerprint density at radius 3 is 1.31 bits per heavy atom. The third-order valence-corrected chi connectivity index (χ3v) is 3.30. The fourth-order valence-corrected chi connectivity index (χ4v) is 2.15. The Labute approximate surface area is 169 Å². The molecule has 4 heteroatoms. The number of hydrogen-bond acceptors (Lipinski definition) is 2. The molecule has 26 heavy (non-hydrogen) atoms. The van der Waals surface area contributed by atoms with E-state index in [1.165, 1.54) is 17.9 Å². The minimum atomic E-state index is 0.970. The van der Waals surface area contributed by atoms with Gasteiger partial charge in [-0.05, 0) is 23.5 Å². The standard InChI is InChI=1S/2C11H8N.ClH.Ir/c2*1-2-6-10(7-3-1)11-8-4-5-9-12-11;;/h2*1-6,8-9H;1H;/q2*-1;;+3/p-1. The van der Waals surface area contributed by atoms with Crippen molar-refractivity contribution in [3.63, 3.8) is 0 Å². The molecule has 4 aromatic rings. The SMILES string of the molecule is [Cl][Ir+2].[c-]1ccccc1-c1ccccn1.[c-]1ccccc1-c1ccccn1. The molecule has 2 heterocycles. The Bertz CT molecular complexity index is 692. The van der Waals surface area contributed by atoms with Crippen molar-refractivity contribution >= 4 is 9.58 Å². The zero-order chi connectivity index (χ0) is 18.5. The van der Waals surface area contributed by atoms with Crippen molar-refractivity contribution in [2.75, 3.05) is 0 Å². The fourth-order valence-electron chi connectivity index (χ4n) is 2.15. The van der Waals surface area contributed by atoms with Crippen LogP contribution in [0.2, 0.25) is 0 Å². The number of rotatable bonds is 2. The quantitative estimate of drug-likeness (QED) is 0.304. The van der Waals surface area contributed by atoms with Crippen molar-refractivity contribution in [1.82, 2.24) is 9.97 Å². The summed E-state index contributed by atoms with van der Waals surface area (Å²) in [6.07, 6.45) is 3.58.